The Labute approximate surface area is 168 Å². The average Bonchev–Trinajstić information content (AvgIpc) is 2.92. The van der Waals surface area contributed by atoms with Crippen molar-refractivity contribution in [3.8, 4) is 0 Å². The molecule has 0 spiro atoms. The molecule has 2 amide bonds. The van der Waals surface area contributed by atoms with Crippen LogP contribution in [0.25, 0.3) is 6.08 Å². The Bertz CT molecular complexity index is 894. The summed E-state index contributed by atoms with van der Waals surface area (Å²) in [5.41, 5.74) is 2.90. The number of thiocarbonyl (C=S) groups is 1. The predicted molar refractivity (Wildman–Crippen MR) is 115 cm³/mol. The van der Waals surface area contributed by atoms with Crippen molar-refractivity contribution in [1.29, 1.82) is 0 Å². The molecule has 1 heterocycles. The molecule has 138 valence electrons. The van der Waals surface area contributed by atoms with E-state index in [0.29, 0.717) is 28.6 Å². The van der Waals surface area contributed by atoms with Crippen LogP contribution in [0.15, 0.2) is 59.5 Å². The van der Waals surface area contributed by atoms with Crippen LogP contribution in [0.5, 0.6) is 0 Å². The summed E-state index contributed by atoms with van der Waals surface area (Å²) < 4.78 is 0.545. The highest BCUT2D eigenvalue weighted by atomic mass is 32.2. The molecular formula is C21H20N2O2S2. The lowest BCUT2D eigenvalue weighted by atomic mass is 10.1. The minimum atomic E-state index is -0.0864. The molecule has 2 aromatic rings. The third kappa shape index (κ3) is 5.05. The first-order valence-electron chi connectivity index (χ1n) is 8.70. The molecule has 0 aliphatic carbocycles. The lowest BCUT2D eigenvalue weighted by Crippen LogP contribution is -2.29. The molecule has 6 heteroatoms. The maximum Gasteiger partial charge on any atom is 0.266 e. The zero-order valence-corrected chi connectivity index (χ0v) is 16.6. The molecule has 3 rings (SSSR count). The number of rotatable bonds is 6. The van der Waals surface area contributed by atoms with Crippen LogP contribution in [0, 0.1) is 6.92 Å². The van der Waals surface area contributed by atoms with Crippen molar-refractivity contribution < 1.29 is 9.59 Å². The third-order valence-corrected chi connectivity index (χ3v) is 5.57. The molecule has 1 aliphatic heterocycles. The SMILES string of the molecule is Cc1ccccc1/C=C1\SC(=S)N(CCCC(=O)Nc2ccccc2)C1=O. The highest BCUT2D eigenvalue weighted by Gasteiger charge is 2.31. The Hall–Kier alpha value is -2.44. The van der Waals surface area contributed by atoms with Crippen molar-refractivity contribution in [2.24, 2.45) is 0 Å². The predicted octanol–water partition coefficient (Wildman–Crippen LogP) is 4.62. The number of aryl methyl sites for hydroxylation is 1. The van der Waals surface area contributed by atoms with Gasteiger partial charge >= 0.3 is 0 Å². The first-order chi connectivity index (χ1) is 13.0. The summed E-state index contributed by atoms with van der Waals surface area (Å²) >= 11 is 6.67. The number of nitrogens with one attached hydrogen (secondary N) is 1. The summed E-state index contributed by atoms with van der Waals surface area (Å²) in [7, 11) is 0. The Morgan fingerprint density at radius 2 is 1.85 bits per heavy atom. The molecule has 0 bridgehead atoms. The van der Waals surface area contributed by atoms with E-state index in [1.54, 1.807) is 4.90 Å². The van der Waals surface area contributed by atoms with Gasteiger partial charge in [-0.25, -0.2) is 0 Å². The van der Waals surface area contributed by atoms with E-state index in [4.69, 9.17) is 12.2 Å². The Balaban J connectivity index is 1.55. The van der Waals surface area contributed by atoms with E-state index < -0.39 is 0 Å². The Kier molecular flexibility index (Phi) is 6.42. The summed E-state index contributed by atoms with van der Waals surface area (Å²) in [5.74, 6) is -0.154. The molecule has 0 unspecified atom stereocenters. The second-order valence-corrected chi connectivity index (χ2v) is 7.88. The van der Waals surface area contributed by atoms with Gasteiger partial charge in [0.1, 0.15) is 4.32 Å². The van der Waals surface area contributed by atoms with E-state index in [1.807, 2.05) is 67.6 Å². The normalized spacial score (nSPS) is 15.4. The molecule has 0 radical (unpaired) electrons. The number of amides is 2. The van der Waals surface area contributed by atoms with Gasteiger partial charge in [0.25, 0.3) is 5.91 Å². The molecule has 4 nitrogen and oxygen atoms in total. The van der Waals surface area contributed by atoms with Crippen LogP contribution in [-0.2, 0) is 9.59 Å². The second-order valence-electron chi connectivity index (χ2n) is 6.21. The number of hydrogen-bond donors (Lipinski definition) is 1. The van der Waals surface area contributed by atoms with Gasteiger partial charge in [0.05, 0.1) is 4.91 Å². The number of benzene rings is 2. The molecule has 2 aromatic carbocycles. The number of carbonyl (C=O) groups is 2. The minimum Gasteiger partial charge on any atom is -0.326 e. The van der Waals surface area contributed by atoms with Gasteiger partial charge in [-0.3, -0.25) is 14.5 Å². The highest BCUT2D eigenvalue weighted by Crippen LogP contribution is 2.33. The fourth-order valence-electron chi connectivity index (χ4n) is 2.73. The number of anilines is 1. The van der Waals surface area contributed by atoms with Crippen molar-refractivity contribution in [1.82, 2.24) is 4.90 Å². The Morgan fingerprint density at radius 1 is 1.15 bits per heavy atom. The van der Waals surface area contributed by atoms with Gasteiger partial charge in [0.15, 0.2) is 0 Å². The maximum atomic E-state index is 12.6. The van der Waals surface area contributed by atoms with E-state index in [1.165, 1.54) is 11.8 Å². The minimum absolute atomic E-state index is 0.0675. The van der Waals surface area contributed by atoms with Gasteiger partial charge in [-0.1, -0.05) is 66.4 Å². The Morgan fingerprint density at radius 3 is 2.59 bits per heavy atom. The second kappa shape index (κ2) is 8.97. The van der Waals surface area contributed by atoms with E-state index in [9.17, 15) is 9.59 Å². The van der Waals surface area contributed by atoms with Gasteiger partial charge in [0, 0.05) is 18.7 Å². The lowest BCUT2D eigenvalue weighted by Gasteiger charge is -2.14. The van der Waals surface area contributed by atoms with Crippen molar-refractivity contribution in [3.63, 3.8) is 0 Å². The van der Waals surface area contributed by atoms with E-state index >= 15 is 0 Å². The monoisotopic (exact) mass is 396 g/mol. The van der Waals surface area contributed by atoms with E-state index in [-0.39, 0.29) is 11.8 Å². The highest BCUT2D eigenvalue weighted by molar-refractivity contribution is 8.26. The molecule has 27 heavy (non-hydrogen) atoms. The van der Waals surface area contributed by atoms with Crippen molar-refractivity contribution in [3.05, 3.63) is 70.6 Å². The van der Waals surface area contributed by atoms with Gasteiger partial charge in [-0.05, 0) is 42.7 Å². The average molecular weight is 397 g/mol. The van der Waals surface area contributed by atoms with Crippen LogP contribution in [0.1, 0.15) is 24.0 Å². The third-order valence-electron chi connectivity index (χ3n) is 4.19. The first kappa shape index (κ1) is 19.3. The lowest BCUT2D eigenvalue weighted by molar-refractivity contribution is -0.122. The fourth-order valence-corrected chi connectivity index (χ4v) is 4.02. The van der Waals surface area contributed by atoms with Crippen molar-refractivity contribution in [2.75, 3.05) is 11.9 Å². The molecular weight excluding hydrogens is 376 g/mol. The summed E-state index contributed by atoms with van der Waals surface area (Å²) in [6.45, 7) is 2.45. The number of thioether (sulfide) groups is 1. The summed E-state index contributed by atoms with van der Waals surface area (Å²) in [5, 5.41) is 2.85. The standard InChI is InChI=1S/C21H20N2O2S2/c1-15-8-5-6-9-16(15)14-18-20(25)23(21(26)27-18)13-7-12-19(24)22-17-10-3-2-4-11-17/h2-6,8-11,14H,7,12-13H2,1H3,(H,22,24)/b18-14-. The van der Waals surface area contributed by atoms with Crippen LogP contribution in [0.4, 0.5) is 5.69 Å². The quantitative estimate of drug-likeness (QED) is 0.572. The van der Waals surface area contributed by atoms with Crippen LogP contribution >= 0.6 is 24.0 Å². The molecule has 0 aromatic heterocycles. The summed E-state index contributed by atoms with van der Waals surface area (Å²) in [6.07, 6.45) is 2.78. The largest absolute Gasteiger partial charge is 0.326 e. The zero-order valence-electron chi connectivity index (χ0n) is 15.0. The molecule has 1 saturated heterocycles. The van der Waals surface area contributed by atoms with Crippen molar-refractivity contribution >= 4 is 51.9 Å². The first-order valence-corrected chi connectivity index (χ1v) is 9.93. The van der Waals surface area contributed by atoms with Crippen LogP contribution in [0.3, 0.4) is 0 Å². The molecule has 1 aliphatic rings. The van der Waals surface area contributed by atoms with E-state index in [0.717, 1.165) is 16.8 Å². The summed E-state index contributed by atoms with van der Waals surface area (Å²) in [6, 6.07) is 17.2. The number of nitrogens with zero attached hydrogens (tertiary/aromatic N) is 1. The van der Waals surface area contributed by atoms with Crippen LogP contribution < -0.4 is 5.32 Å². The maximum absolute atomic E-state index is 12.6. The topological polar surface area (TPSA) is 49.4 Å². The molecule has 1 fully saturated rings. The van der Waals surface area contributed by atoms with Gasteiger partial charge in [0.2, 0.25) is 5.91 Å². The zero-order chi connectivity index (χ0) is 19.2. The van der Waals surface area contributed by atoms with Gasteiger partial charge < -0.3 is 5.32 Å². The smallest absolute Gasteiger partial charge is 0.266 e. The van der Waals surface area contributed by atoms with Gasteiger partial charge in [-0.15, -0.1) is 0 Å². The fraction of sp³-hybridized carbons (Fsp3) is 0.190. The van der Waals surface area contributed by atoms with Crippen LogP contribution in [-0.4, -0.2) is 27.6 Å². The van der Waals surface area contributed by atoms with Gasteiger partial charge in [-0.2, -0.15) is 0 Å². The number of hydrogen-bond acceptors (Lipinski definition) is 4. The van der Waals surface area contributed by atoms with E-state index in [2.05, 4.69) is 5.32 Å². The molecule has 1 N–H and O–H groups in total. The summed E-state index contributed by atoms with van der Waals surface area (Å²) in [4.78, 5) is 26.9. The van der Waals surface area contributed by atoms with Crippen LogP contribution in [0.2, 0.25) is 0 Å². The van der Waals surface area contributed by atoms with Crippen molar-refractivity contribution in [2.45, 2.75) is 19.8 Å². The number of para-hydroxylation sites is 1. The number of carbonyl (C=O) groups excluding carboxylic acids is 2. The molecule has 0 atom stereocenters. The molecule has 0 saturated carbocycles.